The summed E-state index contributed by atoms with van der Waals surface area (Å²) in [6.07, 6.45) is 4.31. The third-order valence-electron chi connectivity index (χ3n) is 5.08. The highest BCUT2D eigenvalue weighted by molar-refractivity contribution is 5.98. The van der Waals surface area contributed by atoms with Gasteiger partial charge in [0.1, 0.15) is 5.75 Å². The maximum absolute atomic E-state index is 12.9. The number of piperidine rings is 1. The Morgan fingerprint density at radius 1 is 1.28 bits per heavy atom. The summed E-state index contributed by atoms with van der Waals surface area (Å²) in [5, 5.41) is 1.85. The molecular weight excluding hydrogens is 316 g/mol. The van der Waals surface area contributed by atoms with Crippen LogP contribution in [0.2, 0.25) is 0 Å². The number of furan rings is 1. The number of methoxy groups -OCH3 is 1. The van der Waals surface area contributed by atoms with Crippen molar-refractivity contribution >= 4 is 27.9 Å². The Kier molecular flexibility index (Phi) is 4.07. The van der Waals surface area contributed by atoms with Crippen LogP contribution in [0.1, 0.15) is 43.2 Å². The molecule has 1 atom stereocenters. The average molecular weight is 338 g/mol. The smallest absolute Gasteiger partial charge is 0.289 e. The van der Waals surface area contributed by atoms with Gasteiger partial charge in [-0.15, -0.1) is 0 Å². The van der Waals surface area contributed by atoms with Gasteiger partial charge in [-0.25, -0.2) is 4.98 Å². The van der Waals surface area contributed by atoms with Crippen molar-refractivity contribution in [1.29, 1.82) is 0 Å². The van der Waals surface area contributed by atoms with Gasteiger partial charge in [0, 0.05) is 29.4 Å². The van der Waals surface area contributed by atoms with E-state index in [0.717, 1.165) is 47.8 Å². The first-order valence-corrected chi connectivity index (χ1v) is 8.89. The van der Waals surface area contributed by atoms with Crippen LogP contribution in [-0.2, 0) is 0 Å². The van der Waals surface area contributed by atoms with Crippen LogP contribution in [-0.4, -0.2) is 35.5 Å². The molecule has 1 fully saturated rings. The molecule has 5 nitrogen and oxygen atoms in total. The summed E-state index contributed by atoms with van der Waals surface area (Å²) in [7, 11) is 1.63. The lowest BCUT2D eigenvalue weighted by Crippen LogP contribution is -2.43. The van der Waals surface area contributed by atoms with Gasteiger partial charge in [-0.05, 0) is 49.9 Å². The van der Waals surface area contributed by atoms with Gasteiger partial charge in [0.15, 0.2) is 5.76 Å². The van der Waals surface area contributed by atoms with E-state index >= 15 is 0 Å². The summed E-state index contributed by atoms with van der Waals surface area (Å²) in [6.45, 7) is 2.94. The summed E-state index contributed by atoms with van der Waals surface area (Å²) in [5.41, 5.74) is 1.29. The summed E-state index contributed by atoms with van der Waals surface area (Å²) in [4.78, 5) is 19.4. The predicted molar refractivity (Wildman–Crippen MR) is 97.0 cm³/mol. The standard InChI is InChI=1S/C20H22N2O3/c1-3-15-6-4-5-9-22(15)20(23)18-11-14-10-13-7-8-16(24-2)12-17(13)21-19(14)25-18/h7-8,10-12,15H,3-6,9H2,1-2H3. The normalized spacial score (nSPS) is 18.0. The molecule has 5 heteroatoms. The SMILES string of the molecule is CCC1CCCCN1C(=O)c1cc2cc3ccc(OC)cc3nc2o1. The summed E-state index contributed by atoms with van der Waals surface area (Å²) in [6, 6.07) is 9.87. The molecule has 1 aliphatic rings. The van der Waals surface area contributed by atoms with Gasteiger partial charge in [0.25, 0.3) is 5.91 Å². The molecule has 0 radical (unpaired) electrons. The Morgan fingerprint density at radius 2 is 2.16 bits per heavy atom. The fraction of sp³-hybridized carbons (Fsp3) is 0.400. The monoisotopic (exact) mass is 338 g/mol. The average Bonchev–Trinajstić information content (AvgIpc) is 3.07. The van der Waals surface area contributed by atoms with Gasteiger partial charge in [0.2, 0.25) is 5.71 Å². The van der Waals surface area contributed by atoms with E-state index < -0.39 is 0 Å². The van der Waals surface area contributed by atoms with Gasteiger partial charge in [-0.1, -0.05) is 6.92 Å². The van der Waals surface area contributed by atoms with Crippen molar-refractivity contribution < 1.29 is 13.9 Å². The van der Waals surface area contributed by atoms with E-state index in [-0.39, 0.29) is 5.91 Å². The minimum Gasteiger partial charge on any atom is -0.497 e. The van der Waals surface area contributed by atoms with E-state index in [1.54, 1.807) is 7.11 Å². The minimum absolute atomic E-state index is 0.0220. The van der Waals surface area contributed by atoms with Crippen molar-refractivity contribution in [3.05, 3.63) is 36.1 Å². The number of rotatable bonds is 3. The Morgan fingerprint density at radius 3 is 2.96 bits per heavy atom. The number of aromatic nitrogens is 1. The number of ether oxygens (including phenoxy) is 1. The number of hydrogen-bond donors (Lipinski definition) is 0. The highest BCUT2D eigenvalue weighted by atomic mass is 16.5. The third-order valence-corrected chi connectivity index (χ3v) is 5.08. The van der Waals surface area contributed by atoms with Crippen molar-refractivity contribution in [3.8, 4) is 5.75 Å². The third kappa shape index (κ3) is 2.84. The lowest BCUT2D eigenvalue weighted by Gasteiger charge is -2.34. The van der Waals surface area contributed by atoms with Gasteiger partial charge in [-0.3, -0.25) is 4.79 Å². The van der Waals surface area contributed by atoms with Gasteiger partial charge >= 0.3 is 0 Å². The summed E-state index contributed by atoms with van der Waals surface area (Å²) in [5.74, 6) is 1.11. The van der Waals surface area contributed by atoms with E-state index in [9.17, 15) is 4.79 Å². The molecule has 3 aromatic rings. The Balaban J connectivity index is 1.72. The maximum atomic E-state index is 12.9. The highest BCUT2D eigenvalue weighted by Gasteiger charge is 2.28. The lowest BCUT2D eigenvalue weighted by atomic mass is 10.00. The molecule has 0 spiro atoms. The molecule has 1 unspecified atom stereocenters. The molecule has 0 bridgehead atoms. The van der Waals surface area contributed by atoms with Crippen molar-refractivity contribution in [2.75, 3.05) is 13.7 Å². The zero-order valence-electron chi connectivity index (χ0n) is 14.6. The topological polar surface area (TPSA) is 55.6 Å². The van der Waals surface area contributed by atoms with Gasteiger partial charge in [-0.2, -0.15) is 0 Å². The van der Waals surface area contributed by atoms with Crippen LogP contribution >= 0.6 is 0 Å². The Labute approximate surface area is 146 Å². The van der Waals surface area contributed by atoms with E-state index in [1.165, 1.54) is 6.42 Å². The summed E-state index contributed by atoms with van der Waals surface area (Å²) < 4.78 is 11.1. The molecule has 0 saturated carbocycles. The number of carbonyl (C=O) groups is 1. The minimum atomic E-state index is -0.0220. The first-order chi connectivity index (χ1) is 12.2. The molecule has 2 aromatic heterocycles. The van der Waals surface area contributed by atoms with Crippen LogP contribution in [0.5, 0.6) is 5.75 Å². The number of likely N-dealkylation sites (tertiary alicyclic amines) is 1. The van der Waals surface area contributed by atoms with Crippen LogP contribution in [0.15, 0.2) is 34.7 Å². The van der Waals surface area contributed by atoms with E-state index in [0.29, 0.717) is 17.5 Å². The van der Waals surface area contributed by atoms with Crippen molar-refractivity contribution in [2.45, 2.75) is 38.6 Å². The highest BCUT2D eigenvalue weighted by Crippen LogP contribution is 2.28. The largest absolute Gasteiger partial charge is 0.497 e. The first kappa shape index (κ1) is 15.9. The van der Waals surface area contributed by atoms with Crippen LogP contribution in [0.25, 0.3) is 22.0 Å². The molecule has 1 saturated heterocycles. The molecule has 130 valence electrons. The molecule has 25 heavy (non-hydrogen) atoms. The van der Waals surface area contributed by atoms with E-state index in [4.69, 9.17) is 9.15 Å². The summed E-state index contributed by atoms with van der Waals surface area (Å²) >= 11 is 0. The number of amides is 1. The first-order valence-electron chi connectivity index (χ1n) is 8.89. The second-order valence-electron chi connectivity index (χ2n) is 6.61. The van der Waals surface area contributed by atoms with Crippen molar-refractivity contribution in [2.24, 2.45) is 0 Å². The quantitative estimate of drug-likeness (QED) is 0.710. The zero-order chi connectivity index (χ0) is 17.4. The predicted octanol–water partition coefficient (Wildman–Crippen LogP) is 4.39. The van der Waals surface area contributed by atoms with Crippen LogP contribution < -0.4 is 4.74 Å². The number of nitrogens with zero attached hydrogens (tertiary/aromatic N) is 2. The second kappa shape index (κ2) is 6.39. The second-order valence-corrected chi connectivity index (χ2v) is 6.61. The molecule has 0 N–H and O–H groups in total. The Hall–Kier alpha value is -2.56. The fourth-order valence-electron chi connectivity index (χ4n) is 3.67. The molecule has 1 aliphatic heterocycles. The van der Waals surface area contributed by atoms with Crippen molar-refractivity contribution in [1.82, 2.24) is 9.88 Å². The number of fused-ring (bicyclic) bond motifs is 2. The molecule has 0 aliphatic carbocycles. The van der Waals surface area contributed by atoms with Crippen LogP contribution in [0.4, 0.5) is 0 Å². The number of hydrogen-bond acceptors (Lipinski definition) is 4. The lowest BCUT2D eigenvalue weighted by molar-refractivity contribution is 0.0577. The Bertz CT molecular complexity index is 931. The fourth-order valence-corrected chi connectivity index (χ4v) is 3.67. The molecular formula is C20H22N2O3. The molecule has 4 rings (SSSR count). The van der Waals surface area contributed by atoms with Crippen LogP contribution in [0.3, 0.4) is 0 Å². The number of pyridine rings is 1. The van der Waals surface area contributed by atoms with Crippen LogP contribution in [0, 0.1) is 0 Å². The van der Waals surface area contributed by atoms with Gasteiger partial charge < -0.3 is 14.1 Å². The number of benzene rings is 1. The van der Waals surface area contributed by atoms with Gasteiger partial charge in [0.05, 0.1) is 12.6 Å². The molecule has 3 heterocycles. The molecule has 1 aromatic carbocycles. The van der Waals surface area contributed by atoms with Crippen molar-refractivity contribution in [3.63, 3.8) is 0 Å². The number of carbonyl (C=O) groups excluding carboxylic acids is 1. The van der Waals surface area contributed by atoms with E-state index in [1.807, 2.05) is 35.2 Å². The maximum Gasteiger partial charge on any atom is 0.289 e. The molecule has 1 amide bonds. The zero-order valence-corrected chi connectivity index (χ0v) is 14.6. The van der Waals surface area contributed by atoms with E-state index in [2.05, 4.69) is 11.9 Å².